The maximum Gasteiger partial charge on any atom is 0.433 e. The predicted octanol–water partition coefficient (Wildman–Crippen LogP) is 4.33. The van der Waals surface area contributed by atoms with Gasteiger partial charge in [0, 0.05) is 23.2 Å². The first-order chi connectivity index (χ1) is 16.5. The molecule has 0 bridgehead atoms. The Balaban J connectivity index is 1.66. The largest absolute Gasteiger partial charge is 0.487 e. The molecule has 0 aliphatic carbocycles. The lowest BCUT2D eigenvalue weighted by Gasteiger charge is -2.32. The molecule has 1 fully saturated rings. The first kappa shape index (κ1) is 24.4. The summed E-state index contributed by atoms with van der Waals surface area (Å²) in [4.78, 5) is 16.3. The molecule has 184 valence electrons. The molecule has 1 atom stereocenters. The number of fused-ring (bicyclic) bond motifs is 1. The van der Waals surface area contributed by atoms with Crippen LogP contribution in [-0.2, 0) is 12.8 Å². The standard InChI is InChI=1S/C23H19F5N4O3/c1-12-19(21(33)32-18-4-6-30-11-22(18,24)25)15-8-16(14(9-29)7-17(15)35-12)34-10-13-3-2-5-31-20(13)23(26,27)28/h2-3,5,7-8,18,30H,4,6,10-11H2,1H3,(H,32,33). The molecule has 1 aliphatic rings. The summed E-state index contributed by atoms with van der Waals surface area (Å²) in [5.41, 5.74) is -1.31. The number of nitrogens with one attached hydrogen (secondary N) is 2. The van der Waals surface area contributed by atoms with Crippen LogP contribution in [0.1, 0.15) is 39.4 Å². The highest BCUT2D eigenvalue weighted by Crippen LogP contribution is 2.34. The van der Waals surface area contributed by atoms with Gasteiger partial charge in [-0.3, -0.25) is 9.78 Å². The fraction of sp³-hybridized carbons (Fsp3) is 0.348. The maximum absolute atomic E-state index is 14.2. The molecule has 7 nitrogen and oxygen atoms in total. The van der Waals surface area contributed by atoms with Gasteiger partial charge in [0.2, 0.25) is 0 Å². The Morgan fingerprint density at radius 1 is 1.40 bits per heavy atom. The third kappa shape index (κ3) is 4.90. The second-order valence-electron chi connectivity index (χ2n) is 8.04. The van der Waals surface area contributed by atoms with Gasteiger partial charge in [-0.15, -0.1) is 0 Å². The number of amides is 1. The van der Waals surface area contributed by atoms with Gasteiger partial charge in [-0.1, -0.05) is 6.07 Å². The van der Waals surface area contributed by atoms with Crippen molar-refractivity contribution in [3.8, 4) is 11.8 Å². The van der Waals surface area contributed by atoms with Crippen molar-refractivity contribution in [1.29, 1.82) is 5.26 Å². The maximum atomic E-state index is 14.2. The second-order valence-corrected chi connectivity index (χ2v) is 8.04. The molecule has 3 heterocycles. The molecule has 1 unspecified atom stereocenters. The summed E-state index contributed by atoms with van der Waals surface area (Å²) in [6.07, 6.45) is -3.68. The van der Waals surface area contributed by atoms with Gasteiger partial charge >= 0.3 is 6.18 Å². The number of piperidine rings is 1. The van der Waals surface area contributed by atoms with Crippen LogP contribution in [0.3, 0.4) is 0 Å². The van der Waals surface area contributed by atoms with E-state index < -0.39 is 42.9 Å². The number of rotatable bonds is 5. The topological polar surface area (TPSA) is 100 Å². The van der Waals surface area contributed by atoms with E-state index in [-0.39, 0.29) is 45.6 Å². The number of halogens is 5. The smallest absolute Gasteiger partial charge is 0.433 e. The summed E-state index contributed by atoms with van der Waals surface area (Å²) < 4.78 is 79.2. The molecular formula is C23H19F5N4O3. The fourth-order valence-electron chi connectivity index (χ4n) is 3.94. The summed E-state index contributed by atoms with van der Waals surface area (Å²) >= 11 is 0. The quantitative estimate of drug-likeness (QED) is 0.512. The van der Waals surface area contributed by atoms with Crippen molar-refractivity contribution in [3.05, 3.63) is 58.6 Å². The van der Waals surface area contributed by atoms with Crippen molar-refractivity contribution in [3.63, 3.8) is 0 Å². The molecule has 2 N–H and O–H groups in total. The highest BCUT2D eigenvalue weighted by molar-refractivity contribution is 6.08. The van der Waals surface area contributed by atoms with Crippen LogP contribution in [0.2, 0.25) is 0 Å². The average molecular weight is 494 g/mol. The molecule has 1 amide bonds. The fourth-order valence-corrected chi connectivity index (χ4v) is 3.94. The zero-order chi connectivity index (χ0) is 25.4. The number of aryl methyl sites for hydroxylation is 1. The zero-order valence-electron chi connectivity index (χ0n) is 18.3. The number of hydrogen-bond acceptors (Lipinski definition) is 6. The minimum atomic E-state index is -4.70. The number of hydrogen-bond donors (Lipinski definition) is 2. The lowest BCUT2D eigenvalue weighted by atomic mass is 10.0. The molecule has 2 aromatic heterocycles. The van der Waals surface area contributed by atoms with Crippen LogP contribution in [0, 0.1) is 18.3 Å². The number of carbonyl (C=O) groups excluding carboxylic acids is 1. The van der Waals surface area contributed by atoms with Gasteiger partial charge < -0.3 is 19.8 Å². The van der Waals surface area contributed by atoms with Gasteiger partial charge in [0.25, 0.3) is 11.8 Å². The summed E-state index contributed by atoms with van der Waals surface area (Å²) in [5, 5.41) is 14.6. The van der Waals surface area contributed by atoms with Gasteiger partial charge in [-0.05, 0) is 32.0 Å². The Bertz CT molecular complexity index is 1310. The van der Waals surface area contributed by atoms with Crippen LogP contribution in [0.25, 0.3) is 11.0 Å². The molecule has 12 heteroatoms. The van der Waals surface area contributed by atoms with E-state index in [9.17, 15) is 32.0 Å². The van der Waals surface area contributed by atoms with Crippen LogP contribution in [-0.4, -0.2) is 35.9 Å². The highest BCUT2D eigenvalue weighted by Gasteiger charge is 2.43. The van der Waals surface area contributed by atoms with Crippen molar-refractivity contribution in [1.82, 2.24) is 15.6 Å². The Kier molecular flexibility index (Phi) is 6.38. The third-order valence-electron chi connectivity index (χ3n) is 5.64. The number of pyridine rings is 1. The Labute approximate surface area is 195 Å². The third-order valence-corrected chi connectivity index (χ3v) is 5.64. The Morgan fingerprint density at radius 3 is 2.86 bits per heavy atom. The Hall–Kier alpha value is -3.72. The molecule has 0 saturated carbocycles. The van der Waals surface area contributed by atoms with E-state index in [4.69, 9.17) is 9.15 Å². The van der Waals surface area contributed by atoms with Crippen LogP contribution in [0.4, 0.5) is 22.0 Å². The molecule has 35 heavy (non-hydrogen) atoms. The van der Waals surface area contributed by atoms with Crippen LogP contribution in [0.5, 0.6) is 5.75 Å². The van der Waals surface area contributed by atoms with E-state index in [1.54, 1.807) is 0 Å². The van der Waals surface area contributed by atoms with Crippen molar-refractivity contribution in [2.24, 2.45) is 0 Å². The van der Waals surface area contributed by atoms with Crippen molar-refractivity contribution in [2.75, 3.05) is 13.1 Å². The molecule has 0 radical (unpaired) electrons. The van der Waals surface area contributed by atoms with Gasteiger partial charge in [0.05, 0.1) is 23.7 Å². The van der Waals surface area contributed by atoms with Gasteiger partial charge in [0.15, 0.2) is 5.69 Å². The number of nitrogens with zero attached hydrogens (tertiary/aromatic N) is 2. The molecule has 3 aromatic rings. The molecule has 0 spiro atoms. The molecule has 1 saturated heterocycles. The van der Waals surface area contributed by atoms with Gasteiger partial charge in [-0.25, -0.2) is 8.78 Å². The number of ether oxygens (including phenoxy) is 1. The summed E-state index contributed by atoms with van der Waals surface area (Å²) in [7, 11) is 0. The molecule has 4 rings (SSSR count). The van der Waals surface area contributed by atoms with E-state index in [0.29, 0.717) is 6.54 Å². The monoisotopic (exact) mass is 494 g/mol. The van der Waals surface area contributed by atoms with E-state index in [1.165, 1.54) is 31.2 Å². The number of furan rings is 1. The number of aromatic nitrogens is 1. The first-order valence-electron chi connectivity index (χ1n) is 10.5. The van der Waals surface area contributed by atoms with Gasteiger partial charge in [-0.2, -0.15) is 18.4 Å². The average Bonchev–Trinajstić information content (AvgIpc) is 3.12. The van der Waals surface area contributed by atoms with Crippen molar-refractivity contribution >= 4 is 16.9 Å². The summed E-state index contributed by atoms with van der Waals surface area (Å²) in [5.74, 6) is -3.92. The lowest BCUT2D eigenvalue weighted by molar-refractivity contribution is -0.142. The van der Waals surface area contributed by atoms with E-state index in [2.05, 4.69) is 15.6 Å². The summed E-state index contributed by atoms with van der Waals surface area (Å²) in [6, 6.07) is 5.56. The van der Waals surface area contributed by atoms with E-state index in [1.807, 2.05) is 6.07 Å². The molecule has 1 aromatic carbocycles. The number of carbonyl (C=O) groups is 1. The second kappa shape index (κ2) is 9.14. The Morgan fingerprint density at radius 2 is 2.17 bits per heavy atom. The van der Waals surface area contributed by atoms with Crippen LogP contribution < -0.4 is 15.4 Å². The zero-order valence-corrected chi connectivity index (χ0v) is 18.3. The minimum Gasteiger partial charge on any atom is -0.487 e. The number of nitriles is 1. The number of benzene rings is 1. The van der Waals surface area contributed by atoms with Crippen molar-refractivity contribution in [2.45, 2.75) is 38.1 Å². The van der Waals surface area contributed by atoms with Crippen LogP contribution in [0.15, 0.2) is 34.9 Å². The first-order valence-corrected chi connectivity index (χ1v) is 10.5. The van der Waals surface area contributed by atoms with Crippen LogP contribution >= 0.6 is 0 Å². The van der Waals surface area contributed by atoms with Crippen molar-refractivity contribution < 1.29 is 35.9 Å². The van der Waals surface area contributed by atoms with E-state index >= 15 is 0 Å². The van der Waals surface area contributed by atoms with E-state index in [0.717, 1.165) is 6.20 Å². The normalized spacial score (nSPS) is 17.7. The highest BCUT2D eigenvalue weighted by atomic mass is 19.4. The number of alkyl halides is 5. The van der Waals surface area contributed by atoms with Gasteiger partial charge in [0.1, 0.15) is 29.8 Å². The molecular weight excluding hydrogens is 475 g/mol. The lowest BCUT2D eigenvalue weighted by Crippen LogP contribution is -2.57. The minimum absolute atomic E-state index is 0.0210. The summed E-state index contributed by atoms with van der Waals surface area (Å²) in [6.45, 7) is 0.653. The predicted molar refractivity (Wildman–Crippen MR) is 113 cm³/mol. The SMILES string of the molecule is Cc1oc2cc(C#N)c(OCc3cccnc3C(F)(F)F)cc2c1C(=O)NC1CCNCC1(F)F. The molecule has 1 aliphatic heterocycles.